The fourth-order valence-corrected chi connectivity index (χ4v) is 2.25. The lowest BCUT2D eigenvalue weighted by atomic mass is 10.1. The Morgan fingerprint density at radius 3 is 2.80 bits per heavy atom. The first-order valence-electron chi connectivity index (χ1n) is 7.00. The summed E-state index contributed by atoms with van der Waals surface area (Å²) in [5.74, 6) is 0.151. The Balaban J connectivity index is 1.78. The summed E-state index contributed by atoms with van der Waals surface area (Å²) in [6, 6.07) is 7.05. The first-order chi connectivity index (χ1) is 9.66. The summed E-state index contributed by atoms with van der Waals surface area (Å²) >= 11 is 0. The molecule has 0 saturated carbocycles. The number of carbonyl (C=O) groups is 1. The van der Waals surface area contributed by atoms with E-state index in [1.807, 2.05) is 12.1 Å². The highest BCUT2D eigenvalue weighted by molar-refractivity contribution is 5.77. The molecule has 0 aliphatic carbocycles. The summed E-state index contributed by atoms with van der Waals surface area (Å²) in [6.45, 7) is 2.40. The van der Waals surface area contributed by atoms with Crippen molar-refractivity contribution in [3.8, 4) is 5.75 Å². The summed E-state index contributed by atoms with van der Waals surface area (Å²) in [4.78, 5) is 13.6. The van der Waals surface area contributed by atoms with Crippen LogP contribution in [0.2, 0.25) is 0 Å². The Kier molecular flexibility index (Phi) is 5.38. The van der Waals surface area contributed by atoms with Crippen molar-refractivity contribution >= 4 is 5.91 Å². The van der Waals surface area contributed by atoms with Crippen LogP contribution in [-0.4, -0.2) is 48.8 Å². The lowest BCUT2D eigenvalue weighted by Gasteiger charge is -2.24. The smallest absolute Gasteiger partial charge is 0.248 e. The topological polar surface area (TPSA) is 61.8 Å². The van der Waals surface area contributed by atoms with Gasteiger partial charge in [0.1, 0.15) is 12.4 Å². The van der Waals surface area contributed by atoms with Crippen molar-refractivity contribution in [3.05, 3.63) is 29.8 Å². The predicted molar refractivity (Wildman–Crippen MR) is 76.4 cm³/mol. The molecule has 2 N–H and O–H groups in total. The first-order valence-corrected chi connectivity index (χ1v) is 7.00. The molecule has 110 valence electrons. The van der Waals surface area contributed by atoms with Crippen LogP contribution in [0.15, 0.2) is 24.3 Å². The van der Waals surface area contributed by atoms with Crippen molar-refractivity contribution in [3.63, 3.8) is 0 Å². The van der Waals surface area contributed by atoms with E-state index in [0.717, 1.165) is 31.5 Å². The van der Waals surface area contributed by atoms with Crippen LogP contribution in [0.3, 0.4) is 0 Å². The fraction of sp³-hybridized carbons (Fsp3) is 0.533. The highest BCUT2D eigenvalue weighted by Gasteiger charge is 2.17. The number of piperidine rings is 1. The second-order valence-electron chi connectivity index (χ2n) is 5.14. The zero-order chi connectivity index (χ0) is 14.4. The van der Waals surface area contributed by atoms with E-state index < -0.39 is 0 Å². The van der Waals surface area contributed by atoms with E-state index in [1.165, 1.54) is 0 Å². The minimum absolute atomic E-state index is 0.0632. The number of nitrogens with zero attached hydrogens (tertiary/aromatic N) is 1. The number of nitrogens with one attached hydrogen (secondary N) is 1. The average molecular weight is 278 g/mol. The van der Waals surface area contributed by atoms with E-state index >= 15 is 0 Å². The van der Waals surface area contributed by atoms with Crippen LogP contribution in [-0.2, 0) is 16.1 Å². The second-order valence-corrected chi connectivity index (χ2v) is 5.14. The zero-order valence-corrected chi connectivity index (χ0v) is 11.8. The quantitative estimate of drug-likeness (QED) is 0.847. The number of hydrogen-bond donors (Lipinski definition) is 2. The molecular formula is C15H22N2O3. The van der Waals surface area contributed by atoms with Gasteiger partial charge >= 0.3 is 0 Å². The van der Waals surface area contributed by atoms with Crippen molar-refractivity contribution in [1.82, 2.24) is 10.2 Å². The Hall–Kier alpha value is -1.59. The number of amides is 1. The molecule has 1 fully saturated rings. The van der Waals surface area contributed by atoms with Gasteiger partial charge in [0.25, 0.3) is 0 Å². The molecule has 5 nitrogen and oxygen atoms in total. The maximum absolute atomic E-state index is 12.0. The summed E-state index contributed by atoms with van der Waals surface area (Å²) < 4.78 is 5.64. The fourth-order valence-electron chi connectivity index (χ4n) is 2.25. The van der Waals surface area contributed by atoms with Crippen molar-refractivity contribution in [1.29, 1.82) is 0 Å². The van der Waals surface area contributed by atoms with E-state index in [4.69, 9.17) is 4.74 Å². The van der Waals surface area contributed by atoms with Gasteiger partial charge in [-0.25, -0.2) is 0 Å². The molecule has 0 atom stereocenters. The third kappa shape index (κ3) is 4.21. The van der Waals surface area contributed by atoms with Crippen LogP contribution in [0.5, 0.6) is 5.75 Å². The molecule has 0 unspecified atom stereocenters. The van der Waals surface area contributed by atoms with Gasteiger partial charge < -0.3 is 20.1 Å². The molecule has 1 aromatic rings. The average Bonchev–Trinajstić information content (AvgIpc) is 2.48. The molecule has 0 radical (unpaired) electrons. The van der Waals surface area contributed by atoms with Gasteiger partial charge in [0, 0.05) is 19.2 Å². The molecular weight excluding hydrogens is 256 g/mol. The van der Waals surface area contributed by atoms with Gasteiger partial charge in [-0.2, -0.15) is 0 Å². The van der Waals surface area contributed by atoms with Crippen molar-refractivity contribution in [2.24, 2.45) is 0 Å². The van der Waals surface area contributed by atoms with Gasteiger partial charge in [-0.1, -0.05) is 18.2 Å². The zero-order valence-electron chi connectivity index (χ0n) is 11.8. The molecule has 0 spiro atoms. The summed E-state index contributed by atoms with van der Waals surface area (Å²) in [5, 5.41) is 13.0. The first kappa shape index (κ1) is 14.8. The van der Waals surface area contributed by atoms with Crippen LogP contribution in [0.1, 0.15) is 18.4 Å². The van der Waals surface area contributed by atoms with E-state index in [0.29, 0.717) is 6.54 Å². The Morgan fingerprint density at radius 1 is 1.40 bits per heavy atom. The minimum atomic E-state index is -0.0632. The summed E-state index contributed by atoms with van der Waals surface area (Å²) in [7, 11) is 1.72. The van der Waals surface area contributed by atoms with Gasteiger partial charge in [-0.05, 0) is 32.0 Å². The van der Waals surface area contributed by atoms with Crippen molar-refractivity contribution in [2.45, 2.75) is 25.5 Å². The molecule has 1 saturated heterocycles. The Morgan fingerprint density at radius 2 is 2.10 bits per heavy atom. The number of benzene rings is 1. The van der Waals surface area contributed by atoms with Gasteiger partial charge in [0.2, 0.25) is 5.91 Å². The number of para-hydroxylation sites is 1. The maximum Gasteiger partial charge on any atom is 0.248 e. The number of aromatic hydroxyl groups is 1. The maximum atomic E-state index is 12.0. The lowest BCUT2D eigenvalue weighted by Crippen LogP contribution is -2.36. The number of hydrogen-bond acceptors (Lipinski definition) is 4. The van der Waals surface area contributed by atoms with Crippen molar-refractivity contribution in [2.75, 3.05) is 26.7 Å². The van der Waals surface area contributed by atoms with Crippen molar-refractivity contribution < 1.29 is 14.6 Å². The lowest BCUT2D eigenvalue weighted by molar-refractivity contribution is -0.137. The Labute approximate surface area is 119 Å². The number of ether oxygens (including phenoxy) is 1. The van der Waals surface area contributed by atoms with E-state index in [9.17, 15) is 9.90 Å². The van der Waals surface area contributed by atoms with Crippen LogP contribution >= 0.6 is 0 Å². The molecule has 2 rings (SSSR count). The molecule has 0 bridgehead atoms. The third-order valence-corrected chi connectivity index (χ3v) is 3.55. The predicted octanol–water partition coefficient (Wildman–Crippen LogP) is 1.12. The largest absolute Gasteiger partial charge is 0.508 e. The molecule has 0 aromatic heterocycles. The van der Waals surface area contributed by atoms with Crippen LogP contribution in [0.25, 0.3) is 0 Å². The SMILES string of the molecule is CN(Cc1ccccc1O)C(=O)COC1CCNCC1. The highest BCUT2D eigenvalue weighted by atomic mass is 16.5. The summed E-state index contributed by atoms with van der Waals surface area (Å²) in [5.41, 5.74) is 0.741. The number of likely N-dealkylation sites (N-methyl/N-ethyl adjacent to an activating group) is 1. The van der Waals surface area contributed by atoms with E-state index in [-0.39, 0.29) is 24.4 Å². The number of carbonyl (C=O) groups excluding carboxylic acids is 1. The molecule has 5 heteroatoms. The monoisotopic (exact) mass is 278 g/mol. The molecule has 1 amide bonds. The minimum Gasteiger partial charge on any atom is -0.508 e. The molecule has 1 aliphatic rings. The number of rotatable bonds is 5. The second kappa shape index (κ2) is 7.26. The standard InChI is InChI=1S/C15H22N2O3/c1-17(10-12-4-2-3-5-14(12)18)15(19)11-20-13-6-8-16-9-7-13/h2-5,13,16,18H,6-11H2,1H3. The Bertz CT molecular complexity index is 444. The van der Waals surface area contributed by atoms with E-state index in [1.54, 1.807) is 24.1 Å². The summed E-state index contributed by atoms with van der Waals surface area (Å²) in [6.07, 6.45) is 2.09. The van der Waals surface area contributed by atoms with Gasteiger partial charge in [-0.3, -0.25) is 4.79 Å². The third-order valence-electron chi connectivity index (χ3n) is 3.55. The normalized spacial score (nSPS) is 16.1. The molecule has 1 aromatic carbocycles. The number of phenolic OH excluding ortho intramolecular Hbond substituents is 1. The highest BCUT2D eigenvalue weighted by Crippen LogP contribution is 2.17. The van der Waals surface area contributed by atoms with E-state index in [2.05, 4.69) is 5.32 Å². The van der Waals surface area contributed by atoms with Gasteiger partial charge in [0.15, 0.2) is 0 Å². The number of phenols is 1. The molecule has 20 heavy (non-hydrogen) atoms. The molecule has 1 heterocycles. The molecule has 1 aliphatic heterocycles. The van der Waals surface area contributed by atoms with Gasteiger partial charge in [0.05, 0.1) is 6.10 Å². The van der Waals surface area contributed by atoms with Crippen LogP contribution in [0.4, 0.5) is 0 Å². The van der Waals surface area contributed by atoms with Crippen LogP contribution in [0, 0.1) is 0 Å². The van der Waals surface area contributed by atoms with Gasteiger partial charge in [-0.15, -0.1) is 0 Å². The van der Waals surface area contributed by atoms with Crippen LogP contribution < -0.4 is 5.32 Å².